The first-order valence-corrected chi connectivity index (χ1v) is 6.72. The van der Waals surface area contributed by atoms with Crippen molar-refractivity contribution < 1.29 is 0 Å². The van der Waals surface area contributed by atoms with E-state index in [1.165, 1.54) is 11.1 Å². The van der Waals surface area contributed by atoms with Gasteiger partial charge in [0.1, 0.15) is 0 Å². The summed E-state index contributed by atoms with van der Waals surface area (Å²) >= 11 is 0. The van der Waals surface area contributed by atoms with Crippen molar-refractivity contribution in [2.24, 2.45) is 0 Å². The molecule has 0 amide bonds. The van der Waals surface area contributed by atoms with Crippen LogP contribution < -0.4 is 5.32 Å². The van der Waals surface area contributed by atoms with Gasteiger partial charge in [-0.2, -0.15) is 0 Å². The molecule has 98 valence electrons. The molecule has 1 unspecified atom stereocenters. The second kappa shape index (κ2) is 6.61. The lowest BCUT2D eigenvalue weighted by Gasteiger charge is -2.21. The summed E-state index contributed by atoms with van der Waals surface area (Å²) < 4.78 is 0. The Kier molecular flexibility index (Phi) is 5.44. The lowest BCUT2D eigenvalue weighted by atomic mass is 9.86. The maximum Gasteiger partial charge on any atom is 0.0430 e. The zero-order chi connectivity index (χ0) is 13.6. The van der Waals surface area contributed by atoms with Gasteiger partial charge in [-0.25, -0.2) is 0 Å². The fraction of sp³-hybridized carbons (Fsp3) is 0.529. The highest BCUT2D eigenvalue weighted by molar-refractivity contribution is 5.30. The molecule has 1 heteroatoms. The Morgan fingerprint density at radius 1 is 1.17 bits per heavy atom. The van der Waals surface area contributed by atoms with E-state index in [9.17, 15) is 0 Å². The van der Waals surface area contributed by atoms with E-state index in [0.29, 0.717) is 6.04 Å². The minimum absolute atomic E-state index is 0.218. The third-order valence-electron chi connectivity index (χ3n) is 3.11. The van der Waals surface area contributed by atoms with E-state index in [0.717, 1.165) is 13.0 Å². The molecule has 1 aromatic rings. The van der Waals surface area contributed by atoms with Crippen molar-refractivity contribution in [3.8, 4) is 11.8 Å². The van der Waals surface area contributed by atoms with Crippen molar-refractivity contribution in [2.45, 2.75) is 52.5 Å². The molecule has 0 aliphatic heterocycles. The Labute approximate surface area is 112 Å². The molecule has 0 heterocycles. The van der Waals surface area contributed by atoms with Crippen LogP contribution >= 0.6 is 0 Å². The Morgan fingerprint density at radius 3 is 2.22 bits per heavy atom. The molecule has 0 aliphatic carbocycles. The fourth-order valence-electron chi connectivity index (χ4n) is 1.97. The lowest BCUT2D eigenvalue weighted by molar-refractivity contribution is 0.561. The molecule has 1 nitrogen and oxygen atoms in total. The van der Waals surface area contributed by atoms with Crippen molar-refractivity contribution in [3.63, 3.8) is 0 Å². The minimum atomic E-state index is 0.218. The standard InChI is InChI=1S/C17H25N/c1-6-8-9-16(18-7-2)14-10-12-15(13-11-14)17(3,4)5/h10-13,16,18H,7,9H2,1-5H3. The number of hydrogen-bond acceptors (Lipinski definition) is 1. The quantitative estimate of drug-likeness (QED) is 0.787. The average molecular weight is 243 g/mol. The summed E-state index contributed by atoms with van der Waals surface area (Å²) in [7, 11) is 0. The molecule has 0 saturated heterocycles. The maximum atomic E-state index is 3.49. The van der Waals surface area contributed by atoms with Crippen LogP contribution in [0.25, 0.3) is 0 Å². The molecule has 1 N–H and O–H groups in total. The lowest BCUT2D eigenvalue weighted by Crippen LogP contribution is -2.20. The SMILES string of the molecule is CC#CCC(NCC)c1ccc(C(C)(C)C)cc1. The molecular weight excluding hydrogens is 218 g/mol. The Bertz CT molecular complexity index is 412. The van der Waals surface area contributed by atoms with Crippen LogP contribution in [0, 0.1) is 11.8 Å². The molecule has 0 fully saturated rings. The van der Waals surface area contributed by atoms with E-state index in [2.05, 4.69) is 69.1 Å². The average Bonchev–Trinajstić information content (AvgIpc) is 2.33. The monoisotopic (exact) mass is 243 g/mol. The molecule has 1 rings (SSSR count). The van der Waals surface area contributed by atoms with E-state index in [1.807, 2.05) is 6.92 Å². The largest absolute Gasteiger partial charge is 0.309 e. The van der Waals surface area contributed by atoms with Crippen molar-refractivity contribution in [1.29, 1.82) is 0 Å². The van der Waals surface area contributed by atoms with Gasteiger partial charge in [-0.3, -0.25) is 0 Å². The Balaban J connectivity index is 2.88. The molecule has 0 saturated carbocycles. The second-order valence-corrected chi connectivity index (χ2v) is 5.61. The van der Waals surface area contributed by atoms with Crippen LogP contribution in [-0.4, -0.2) is 6.54 Å². The first-order valence-electron chi connectivity index (χ1n) is 6.72. The highest BCUT2D eigenvalue weighted by atomic mass is 14.9. The zero-order valence-electron chi connectivity index (χ0n) is 12.3. The molecule has 1 atom stereocenters. The van der Waals surface area contributed by atoms with Gasteiger partial charge in [0.05, 0.1) is 0 Å². The van der Waals surface area contributed by atoms with E-state index in [-0.39, 0.29) is 5.41 Å². The molecule has 0 spiro atoms. The van der Waals surface area contributed by atoms with Gasteiger partial charge < -0.3 is 5.32 Å². The third kappa shape index (κ3) is 4.20. The minimum Gasteiger partial charge on any atom is -0.309 e. The van der Waals surface area contributed by atoms with Crippen LogP contribution in [0.1, 0.15) is 58.2 Å². The van der Waals surface area contributed by atoms with Gasteiger partial charge in [0.15, 0.2) is 0 Å². The molecule has 0 radical (unpaired) electrons. The summed E-state index contributed by atoms with van der Waals surface area (Å²) in [6.45, 7) is 11.7. The molecule has 0 aromatic heterocycles. The van der Waals surface area contributed by atoms with Crippen LogP contribution in [0.5, 0.6) is 0 Å². The van der Waals surface area contributed by atoms with Crippen molar-refractivity contribution in [3.05, 3.63) is 35.4 Å². The summed E-state index contributed by atoms with van der Waals surface area (Å²) in [4.78, 5) is 0. The van der Waals surface area contributed by atoms with Crippen molar-refractivity contribution in [1.82, 2.24) is 5.32 Å². The first kappa shape index (κ1) is 14.8. The van der Waals surface area contributed by atoms with Crippen molar-refractivity contribution >= 4 is 0 Å². The predicted octanol–water partition coefficient (Wildman–Crippen LogP) is 4.05. The summed E-state index contributed by atoms with van der Waals surface area (Å²) in [6.07, 6.45) is 0.874. The number of benzene rings is 1. The maximum absolute atomic E-state index is 3.49. The van der Waals surface area contributed by atoms with Crippen molar-refractivity contribution in [2.75, 3.05) is 6.54 Å². The third-order valence-corrected chi connectivity index (χ3v) is 3.11. The van der Waals surface area contributed by atoms with Gasteiger partial charge in [0.25, 0.3) is 0 Å². The Morgan fingerprint density at radius 2 is 1.78 bits per heavy atom. The van der Waals surface area contributed by atoms with E-state index in [1.54, 1.807) is 0 Å². The topological polar surface area (TPSA) is 12.0 Å². The van der Waals surface area contributed by atoms with Crippen LogP contribution in [-0.2, 0) is 5.41 Å². The summed E-state index contributed by atoms with van der Waals surface area (Å²) in [5.74, 6) is 6.14. The van der Waals surface area contributed by atoms with Gasteiger partial charge >= 0.3 is 0 Å². The summed E-state index contributed by atoms with van der Waals surface area (Å²) in [5.41, 5.74) is 2.92. The van der Waals surface area contributed by atoms with Crippen LogP contribution in [0.2, 0.25) is 0 Å². The van der Waals surface area contributed by atoms with Gasteiger partial charge in [-0.1, -0.05) is 52.0 Å². The van der Waals surface area contributed by atoms with Gasteiger partial charge in [-0.15, -0.1) is 11.8 Å². The highest BCUT2D eigenvalue weighted by Crippen LogP contribution is 2.24. The molecule has 18 heavy (non-hydrogen) atoms. The number of hydrogen-bond donors (Lipinski definition) is 1. The van der Waals surface area contributed by atoms with Gasteiger partial charge in [0.2, 0.25) is 0 Å². The molecule has 0 aliphatic rings. The smallest absolute Gasteiger partial charge is 0.0430 e. The summed E-state index contributed by atoms with van der Waals surface area (Å²) in [6, 6.07) is 9.27. The van der Waals surface area contributed by atoms with E-state index < -0.39 is 0 Å². The second-order valence-electron chi connectivity index (χ2n) is 5.61. The van der Waals surface area contributed by atoms with Gasteiger partial charge in [0, 0.05) is 12.5 Å². The van der Waals surface area contributed by atoms with E-state index >= 15 is 0 Å². The Hall–Kier alpha value is -1.26. The normalized spacial score (nSPS) is 12.7. The predicted molar refractivity (Wildman–Crippen MR) is 79.6 cm³/mol. The van der Waals surface area contributed by atoms with Crippen LogP contribution in [0.3, 0.4) is 0 Å². The zero-order valence-corrected chi connectivity index (χ0v) is 12.3. The molecule has 0 bridgehead atoms. The molecular formula is C17H25N. The number of rotatable bonds is 4. The van der Waals surface area contributed by atoms with Crippen LogP contribution in [0.15, 0.2) is 24.3 Å². The van der Waals surface area contributed by atoms with E-state index in [4.69, 9.17) is 0 Å². The van der Waals surface area contributed by atoms with Crippen LogP contribution in [0.4, 0.5) is 0 Å². The first-order chi connectivity index (χ1) is 8.49. The fourth-order valence-corrected chi connectivity index (χ4v) is 1.97. The number of nitrogens with one attached hydrogen (secondary N) is 1. The highest BCUT2D eigenvalue weighted by Gasteiger charge is 2.14. The molecule has 1 aromatic carbocycles. The van der Waals surface area contributed by atoms with Gasteiger partial charge in [-0.05, 0) is 30.0 Å². The summed E-state index contributed by atoms with van der Waals surface area (Å²) in [5, 5.41) is 3.49.